The first-order valence-corrected chi connectivity index (χ1v) is 7.14. The molecule has 0 saturated carbocycles. The highest BCUT2D eigenvalue weighted by Gasteiger charge is 2.09. The minimum atomic E-state index is 0.113. The van der Waals surface area contributed by atoms with Crippen LogP contribution in [0.4, 0.5) is 0 Å². The maximum absolute atomic E-state index is 5.82. The highest BCUT2D eigenvalue weighted by Crippen LogP contribution is 2.35. The number of halogens is 2. The smallest absolute Gasteiger partial charge is 0.125 e. The molecule has 0 saturated heterocycles. The van der Waals surface area contributed by atoms with Gasteiger partial charge < -0.3 is 4.74 Å². The van der Waals surface area contributed by atoms with Crippen LogP contribution in [0.1, 0.15) is 14.9 Å². The van der Waals surface area contributed by atoms with Gasteiger partial charge in [0.1, 0.15) is 12.4 Å². The quantitative estimate of drug-likeness (QED) is 0.697. The molecule has 0 heterocycles. The molecule has 0 N–H and O–H groups in total. The molecule has 17 heavy (non-hydrogen) atoms. The fourth-order valence-electron chi connectivity index (χ4n) is 1.53. The standard InChI is InChI=1S/C14H12Br2O/c15-14(16)12-8-4-5-9-13(12)17-10-11-6-2-1-3-7-11/h1-9,14H,10H2. The third-order valence-electron chi connectivity index (χ3n) is 2.39. The molecular formula is C14H12Br2O. The highest BCUT2D eigenvalue weighted by atomic mass is 79.9. The number of ether oxygens (including phenoxy) is 1. The lowest BCUT2D eigenvalue weighted by Gasteiger charge is -2.12. The van der Waals surface area contributed by atoms with Crippen molar-refractivity contribution in [2.45, 2.75) is 10.3 Å². The molecule has 0 amide bonds. The van der Waals surface area contributed by atoms with Crippen LogP contribution in [0.2, 0.25) is 0 Å². The molecule has 0 fully saturated rings. The van der Waals surface area contributed by atoms with Gasteiger partial charge in [-0.3, -0.25) is 0 Å². The predicted octanol–water partition coefficient (Wildman–Crippen LogP) is 5.05. The summed E-state index contributed by atoms with van der Waals surface area (Å²) in [7, 11) is 0. The summed E-state index contributed by atoms with van der Waals surface area (Å²) in [6, 6.07) is 18.1. The maximum Gasteiger partial charge on any atom is 0.125 e. The second kappa shape index (κ2) is 6.22. The summed E-state index contributed by atoms with van der Waals surface area (Å²) in [6.07, 6.45) is 0. The molecule has 2 rings (SSSR count). The number of rotatable bonds is 4. The largest absolute Gasteiger partial charge is 0.489 e. The summed E-state index contributed by atoms with van der Waals surface area (Å²) >= 11 is 6.99. The summed E-state index contributed by atoms with van der Waals surface area (Å²) in [5, 5.41) is 0. The van der Waals surface area contributed by atoms with Crippen molar-refractivity contribution in [3.8, 4) is 5.75 Å². The molecule has 0 unspecified atom stereocenters. The molecule has 0 aliphatic rings. The first kappa shape index (κ1) is 12.7. The van der Waals surface area contributed by atoms with Crippen molar-refractivity contribution in [2.24, 2.45) is 0 Å². The Morgan fingerprint density at radius 2 is 1.53 bits per heavy atom. The molecule has 0 aliphatic carbocycles. The lowest BCUT2D eigenvalue weighted by molar-refractivity contribution is 0.304. The first-order valence-electron chi connectivity index (χ1n) is 5.31. The summed E-state index contributed by atoms with van der Waals surface area (Å²) in [6.45, 7) is 0.588. The Bertz CT molecular complexity index is 469. The minimum Gasteiger partial charge on any atom is -0.489 e. The van der Waals surface area contributed by atoms with Crippen LogP contribution in [0, 0.1) is 0 Å². The van der Waals surface area contributed by atoms with Crippen LogP contribution in [-0.4, -0.2) is 0 Å². The van der Waals surface area contributed by atoms with Crippen molar-refractivity contribution in [3.05, 3.63) is 65.7 Å². The Kier molecular flexibility index (Phi) is 4.63. The fraction of sp³-hybridized carbons (Fsp3) is 0.143. The van der Waals surface area contributed by atoms with Crippen molar-refractivity contribution < 1.29 is 4.74 Å². The number of alkyl halides is 2. The van der Waals surface area contributed by atoms with E-state index in [2.05, 4.69) is 44.0 Å². The Hall–Kier alpha value is -0.800. The van der Waals surface area contributed by atoms with E-state index in [9.17, 15) is 0 Å². The molecular weight excluding hydrogens is 344 g/mol. The molecule has 2 aromatic rings. The van der Waals surface area contributed by atoms with Crippen molar-refractivity contribution in [2.75, 3.05) is 0 Å². The lowest BCUT2D eigenvalue weighted by Crippen LogP contribution is -1.97. The summed E-state index contributed by atoms with van der Waals surface area (Å²) in [4.78, 5) is 0. The zero-order chi connectivity index (χ0) is 12.1. The van der Waals surface area contributed by atoms with Crippen molar-refractivity contribution >= 4 is 31.9 Å². The van der Waals surface area contributed by atoms with Crippen LogP contribution in [0.5, 0.6) is 5.75 Å². The van der Waals surface area contributed by atoms with E-state index in [-0.39, 0.29) is 3.74 Å². The summed E-state index contributed by atoms with van der Waals surface area (Å²) < 4.78 is 5.94. The summed E-state index contributed by atoms with van der Waals surface area (Å²) in [5.41, 5.74) is 2.27. The minimum absolute atomic E-state index is 0.113. The van der Waals surface area contributed by atoms with Gasteiger partial charge in [-0.15, -0.1) is 0 Å². The average molecular weight is 356 g/mol. The highest BCUT2D eigenvalue weighted by molar-refractivity contribution is 9.24. The average Bonchev–Trinajstić information content (AvgIpc) is 2.38. The van der Waals surface area contributed by atoms with Gasteiger partial charge in [0, 0.05) is 5.56 Å². The maximum atomic E-state index is 5.82. The second-order valence-corrected chi connectivity index (χ2v) is 6.67. The van der Waals surface area contributed by atoms with Crippen molar-refractivity contribution in [1.82, 2.24) is 0 Å². The SMILES string of the molecule is BrC(Br)c1ccccc1OCc1ccccc1. The van der Waals surface area contributed by atoms with E-state index in [0.29, 0.717) is 6.61 Å². The molecule has 0 atom stereocenters. The van der Waals surface area contributed by atoms with Gasteiger partial charge in [0.15, 0.2) is 0 Å². The number of hydrogen-bond acceptors (Lipinski definition) is 1. The van der Waals surface area contributed by atoms with E-state index in [1.807, 2.05) is 42.5 Å². The lowest BCUT2D eigenvalue weighted by atomic mass is 10.2. The Morgan fingerprint density at radius 1 is 0.882 bits per heavy atom. The third-order valence-corrected chi connectivity index (χ3v) is 3.38. The zero-order valence-electron chi connectivity index (χ0n) is 9.14. The van der Waals surface area contributed by atoms with Crippen LogP contribution < -0.4 is 4.74 Å². The van der Waals surface area contributed by atoms with Gasteiger partial charge in [0.25, 0.3) is 0 Å². The van der Waals surface area contributed by atoms with E-state index in [1.54, 1.807) is 0 Å². The van der Waals surface area contributed by atoms with E-state index in [1.165, 1.54) is 5.56 Å². The molecule has 3 heteroatoms. The van der Waals surface area contributed by atoms with Gasteiger partial charge in [-0.05, 0) is 11.6 Å². The number of para-hydroxylation sites is 1. The van der Waals surface area contributed by atoms with Gasteiger partial charge in [-0.1, -0.05) is 80.4 Å². The Morgan fingerprint density at radius 3 is 2.24 bits per heavy atom. The number of hydrogen-bond donors (Lipinski definition) is 0. The molecule has 0 spiro atoms. The van der Waals surface area contributed by atoms with Gasteiger partial charge in [0.2, 0.25) is 0 Å². The van der Waals surface area contributed by atoms with Crippen molar-refractivity contribution in [3.63, 3.8) is 0 Å². The van der Waals surface area contributed by atoms with Crippen LogP contribution in [0.3, 0.4) is 0 Å². The van der Waals surface area contributed by atoms with Gasteiger partial charge >= 0.3 is 0 Å². The normalized spacial score (nSPS) is 10.5. The van der Waals surface area contributed by atoms with E-state index in [0.717, 1.165) is 11.3 Å². The molecule has 1 nitrogen and oxygen atoms in total. The fourth-order valence-corrected chi connectivity index (χ4v) is 2.28. The zero-order valence-corrected chi connectivity index (χ0v) is 12.3. The molecule has 0 aromatic heterocycles. The van der Waals surface area contributed by atoms with Crippen LogP contribution >= 0.6 is 31.9 Å². The monoisotopic (exact) mass is 354 g/mol. The van der Waals surface area contributed by atoms with Gasteiger partial charge in [0.05, 0.1) is 3.74 Å². The first-order chi connectivity index (χ1) is 8.27. The molecule has 0 aliphatic heterocycles. The van der Waals surface area contributed by atoms with E-state index < -0.39 is 0 Å². The second-order valence-electron chi connectivity index (χ2n) is 3.61. The Labute approximate surface area is 118 Å². The molecule has 88 valence electrons. The van der Waals surface area contributed by atoms with Gasteiger partial charge in [-0.2, -0.15) is 0 Å². The topological polar surface area (TPSA) is 9.23 Å². The predicted molar refractivity (Wildman–Crippen MR) is 77.8 cm³/mol. The van der Waals surface area contributed by atoms with Crippen LogP contribution in [0.15, 0.2) is 54.6 Å². The molecule has 2 aromatic carbocycles. The molecule has 0 radical (unpaired) electrons. The third kappa shape index (κ3) is 3.58. The van der Waals surface area contributed by atoms with Crippen LogP contribution in [0.25, 0.3) is 0 Å². The van der Waals surface area contributed by atoms with Crippen LogP contribution in [-0.2, 0) is 6.61 Å². The van der Waals surface area contributed by atoms with E-state index in [4.69, 9.17) is 4.74 Å². The Balaban J connectivity index is 2.09. The van der Waals surface area contributed by atoms with Crippen molar-refractivity contribution in [1.29, 1.82) is 0 Å². The number of benzene rings is 2. The summed E-state index contributed by atoms with van der Waals surface area (Å²) in [5.74, 6) is 0.898. The molecule has 0 bridgehead atoms. The van der Waals surface area contributed by atoms with Gasteiger partial charge in [-0.25, -0.2) is 0 Å². The van der Waals surface area contributed by atoms with E-state index >= 15 is 0 Å².